The molecule has 2 atom stereocenters. The summed E-state index contributed by atoms with van der Waals surface area (Å²) in [5.41, 5.74) is 0.877. The Labute approximate surface area is 120 Å². The van der Waals surface area contributed by atoms with Gasteiger partial charge in [0, 0.05) is 24.8 Å². The predicted octanol–water partition coefficient (Wildman–Crippen LogP) is 2.29. The zero-order chi connectivity index (χ0) is 14.4. The Hall–Kier alpha value is -1.26. The number of ether oxygens (including phenoxy) is 1. The maximum absolute atomic E-state index is 9.90. The van der Waals surface area contributed by atoms with Crippen LogP contribution in [0.1, 0.15) is 31.2 Å². The van der Waals surface area contributed by atoms with E-state index in [4.69, 9.17) is 4.74 Å². The van der Waals surface area contributed by atoms with Crippen LogP contribution in [-0.4, -0.2) is 30.5 Å². The molecule has 0 bridgehead atoms. The molecule has 2 rings (SSSR count). The lowest BCUT2D eigenvalue weighted by atomic mass is 9.79. The Morgan fingerprint density at radius 2 is 2.00 bits per heavy atom. The van der Waals surface area contributed by atoms with Crippen LogP contribution in [0.15, 0.2) is 18.2 Å². The predicted molar refractivity (Wildman–Crippen MR) is 78.9 cm³/mol. The van der Waals surface area contributed by atoms with E-state index in [2.05, 4.69) is 5.32 Å². The van der Waals surface area contributed by atoms with E-state index in [1.165, 1.54) is 19.3 Å². The highest BCUT2D eigenvalue weighted by Gasteiger charge is 2.23. The Kier molecular flexibility index (Phi) is 5.68. The summed E-state index contributed by atoms with van der Waals surface area (Å²) in [5, 5.41) is 22.7. The number of benzene rings is 1. The molecule has 0 aliphatic heterocycles. The van der Waals surface area contributed by atoms with Crippen molar-refractivity contribution in [1.29, 1.82) is 0 Å². The topological polar surface area (TPSA) is 61.7 Å². The van der Waals surface area contributed by atoms with E-state index in [1.54, 1.807) is 13.2 Å². The average Bonchev–Trinajstić information content (AvgIpc) is 2.49. The van der Waals surface area contributed by atoms with E-state index in [0.29, 0.717) is 30.7 Å². The second-order valence-electron chi connectivity index (χ2n) is 5.61. The molecule has 0 saturated heterocycles. The molecule has 0 aromatic heterocycles. The quantitative estimate of drug-likeness (QED) is 0.747. The van der Waals surface area contributed by atoms with E-state index in [0.717, 1.165) is 18.5 Å². The van der Waals surface area contributed by atoms with Crippen LogP contribution < -0.4 is 10.1 Å². The maximum Gasteiger partial charge on any atom is 0.123 e. The summed E-state index contributed by atoms with van der Waals surface area (Å²) in [6.45, 7) is 1.83. The molecule has 0 spiro atoms. The van der Waals surface area contributed by atoms with Gasteiger partial charge in [0.25, 0.3) is 0 Å². The first-order chi connectivity index (χ1) is 9.74. The Morgan fingerprint density at radius 3 is 2.65 bits per heavy atom. The van der Waals surface area contributed by atoms with Crippen molar-refractivity contribution in [2.75, 3.05) is 20.3 Å². The van der Waals surface area contributed by atoms with Gasteiger partial charge in [0.05, 0.1) is 7.11 Å². The zero-order valence-electron chi connectivity index (χ0n) is 12.1. The van der Waals surface area contributed by atoms with Gasteiger partial charge in [0.1, 0.15) is 11.5 Å². The number of phenolic OH excluding ortho intramolecular Hbond substituents is 1. The third kappa shape index (κ3) is 3.87. The molecule has 1 aromatic rings. The molecule has 1 aliphatic carbocycles. The fourth-order valence-electron chi connectivity index (χ4n) is 3.01. The van der Waals surface area contributed by atoms with Crippen molar-refractivity contribution in [3.05, 3.63) is 23.8 Å². The molecule has 3 N–H and O–H groups in total. The van der Waals surface area contributed by atoms with E-state index in [9.17, 15) is 10.2 Å². The summed E-state index contributed by atoms with van der Waals surface area (Å²) in [4.78, 5) is 0. The molecule has 2 unspecified atom stereocenters. The van der Waals surface area contributed by atoms with Crippen molar-refractivity contribution in [3.63, 3.8) is 0 Å². The zero-order valence-corrected chi connectivity index (χ0v) is 12.1. The highest BCUT2D eigenvalue weighted by molar-refractivity contribution is 5.39. The molecule has 0 heterocycles. The van der Waals surface area contributed by atoms with Crippen molar-refractivity contribution < 1.29 is 14.9 Å². The first-order valence-electron chi connectivity index (χ1n) is 7.42. The van der Waals surface area contributed by atoms with Crippen LogP contribution in [-0.2, 0) is 6.54 Å². The van der Waals surface area contributed by atoms with Crippen molar-refractivity contribution >= 4 is 0 Å². The molecule has 20 heavy (non-hydrogen) atoms. The van der Waals surface area contributed by atoms with Gasteiger partial charge in [-0.15, -0.1) is 0 Å². The number of hydrogen-bond donors (Lipinski definition) is 3. The third-order valence-corrected chi connectivity index (χ3v) is 4.32. The minimum absolute atomic E-state index is 0.263. The van der Waals surface area contributed by atoms with Crippen LogP contribution in [0.4, 0.5) is 0 Å². The Morgan fingerprint density at radius 1 is 1.25 bits per heavy atom. The molecule has 1 aliphatic rings. The highest BCUT2D eigenvalue weighted by atomic mass is 16.5. The third-order valence-electron chi connectivity index (χ3n) is 4.32. The number of phenols is 1. The fourth-order valence-corrected chi connectivity index (χ4v) is 3.01. The van der Waals surface area contributed by atoms with Gasteiger partial charge in [-0.3, -0.25) is 0 Å². The summed E-state index contributed by atoms with van der Waals surface area (Å²) in [6, 6.07) is 5.37. The number of aliphatic hydroxyl groups is 1. The Bertz CT molecular complexity index is 422. The highest BCUT2D eigenvalue weighted by Crippen LogP contribution is 2.29. The van der Waals surface area contributed by atoms with Crippen molar-refractivity contribution in [2.45, 2.75) is 32.2 Å². The van der Waals surface area contributed by atoms with Gasteiger partial charge in [-0.25, -0.2) is 0 Å². The lowest BCUT2D eigenvalue weighted by Crippen LogP contribution is -2.32. The fraction of sp³-hybridized carbons (Fsp3) is 0.625. The van der Waals surface area contributed by atoms with Crippen molar-refractivity contribution in [3.8, 4) is 11.5 Å². The molecule has 112 valence electrons. The number of aromatic hydroxyl groups is 1. The average molecular weight is 279 g/mol. The molecule has 1 saturated carbocycles. The number of hydrogen-bond acceptors (Lipinski definition) is 4. The van der Waals surface area contributed by atoms with Gasteiger partial charge in [-0.05, 0) is 37.3 Å². The lowest BCUT2D eigenvalue weighted by molar-refractivity contribution is 0.133. The normalized spacial score (nSPS) is 22.7. The second-order valence-corrected chi connectivity index (χ2v) is 5.61. The van der Waals surface area contributed by atoms with Crippen molar-refractivity contribution in [1.82, 2.24) is 5.32 Å². The first-order valence-corrected chi connectivity index (χ1v) is 7.42. The summed E-state index contributed by atoms with van der Waals surface area (Å²) in [6.07, 6.45) is 4.82. The minimum atomic E-state index is 0.263. The molecule has 0 amide bonds. The van der Waals surface area contributed by atoms with Crippen LogP contribution in [0.2, 0.25) is 0 Å². The van der Waals surface area contributed by atoms with Gasteiger partial charge in [-0.1, -0.05) is 18.9 Å². The number of methoxy groups -OCH3 is 1. The van der Waals surface area contributed by atoms with Gasteiger partial charge in [-0.2, -0.15) is 0 Å². The number of rotatable bonds is 6. The summed E-state index contributed by atoms with van der Waals surface area (Å²) < 4.78 is 5.07. The largest absolute Gasteiger partial charge is 0.507 e. The van der Waals surface area contributed by atoms with E-state index < -0.39 is 0 Å². The summed E-state index contributed by atoms with van der Waals surface area (Å²) in [7, 11) is 1.59. The van der Waals surface area contributed by atoms with Gasteiger partial charge < -0.3 is 20.3 Å². The van der Waals surface area contributed by atoms with Gasteiger partial charge >= 0.3 is 0 Å². The minimum Gasteiger partial charge on any atom is -0.507 e. The van der Waals surface area contributed by atoms with Crippen LogP contribution in [0.25, 0.3) is 0 Å². The van der Waals surface area contributed by atoms with Crippen LogP contribution in [0, 0.1) is 11.8 Å². The number of nitrogens with one attached hydrogen (secondary N) is 1. The summed E-state index contributed by atoms with van der Waals surface area (Å²) in [5.74, 6) is 1.91. The van der Waals surface area contributed by atoms with E-state index in [1.807, 2.05) is 12.1 Å². The SMILES string of the molecule is COc1ccc(CNCC2CCCCC2CO)c(O)c1. The van der Waals surface area contributed by atoms with E-state index >= 15 is 0 Å². The molecule has 0 radical (unpaired) electrons. The Balaban J connectivity index is 1.83. The summed E-state index contributed by atoms with van der Waals surface area (Å²) >= 11 is 0. The molecular formula is C16H25NO3. The lowest BCUT2D eigenvalue weighted by Gasteiger charge is -2.30. The maximum atomic E-state index is 9.90. The van der Waals surface area contributed by atoms with Crippen LogP contribution in [0.5, 0.6) is 11.5 Å². The monoisotopic (exact) mass is 279 g/mol. The molecule has 1 fully saturated rings. The standard InChI is InChI=1S/C16H25NO3/c1-20-15-7-6-13(16(19)8-15)10-17-9-12-4-2-3-5-14(12)11-18/h6-8,12,14,17-19H,2-5,9-11H2,1H3. The molecule has 1 aromatic carbocycles. The molecule has 4 nitrogen and oxygen atoms in total. The van der Waals surface area contributed by atoms with Crippen LogP contribution in [0.3, 0.4) is 0 Å². The van der Waals surface area contributed by atoms with Gasteiger partial charge in [0.15, 0.2) is 0 Å². The van der Waals surface area contributed by atoms with Crippen molar-refractivity contribution in [2.24, 2.45) is 11.8 Å². The van der Waals surface area contributed by atoms with E-state index in [-0.39, 0.29) is 5.75 Å². The molecular weight excluding hydrogens is 254 g/mol. The number of aliphatic hydroxyl groups excluding tert-OH is 1. The second kappa shape index (κ2) is 7.50. The molecule has 4 heteroatoms. The van der Waals surface area contributed by atoms with Gasteiger partial charge in [0.2, 0.25) is 0 Å². The first kappa shape index (κ1) is 15.1. The smallest absolute Gasteiger partial charge is 0.123 e. The van der Waals surface area contributed by atoms with Crippen LogP contribution >= 0.6 is 0 Å².